The SMILES string of the molecule is COCCN(CC(=O)N1N=C(c2cccs2)CC1c1ccccc1OC)C(=O)NC(C)(C)C. The average Bonchev–Trinajstić information content (AvgIpc) is 3.45. The summed E-state index contributed by atoms with van der Waals surface area (Å²) in [6.07, 6.45) is 0.568. The number of thiophene rings is 1. The maximum absolute atomic E-state index is 13.5. The first-order valence-electron chi connectivity index (χ1n) is 10.9. The van der Waals surface area contributed by atoms with Crippen molar-refractivity contribution in [1.82, 2.24) is 15.2 Å². The van der Waals surface area contributed by atoms with Crippen LogP contribution in [0.25, 0.3) is 0 Å². The van der Waals surface area contributed by atoms with Crippen molar-refractivity contribution in [3.8, 4) is 5.75 Å². The number of urea groups is 1. The molecule has 3 rings (SSSR count). The fraction of sp³-hybridized carbons (Fsp3) is 0.458. The van der Waals surface area contributed by atoms with Crippen LogP contribution in [0.15, 0.2) is 46.9 Å². The normalized spacial score (nSPS) is 15.8. The summed E-state index contributed by atoms with van der Waals surface area (Å²) in [6.45, 7) is 6.20. The second-order valence-corrected chi connectivity index (χ2v) is 9.77. The Morgan fingerprint density at radius 1 is 1.21 bits per heavy atom. The average molecular weight is 473 g/mol. The van der Waals surface area contributed by atoms with Gasteiger partial charge in [-0.2, -0.15) is 5.10 Å². The highest BCUT2D eigenvalue weighted by molar-refractivity contribution is 7.12. The number of hydrazone groups is 1. The largest absolute Gasteiger partial charge is 0.496 e. The summed E-state index contributed by atoms with van der Waals surface area (Å²) in [6, 6.07) is 11.0. The molecule has 0 saturated heterocycles. The Morgan fingerprint density at radius 3 is 2.61 bits per heavy atom. The van der Waals surface area contributed by atoms with Crippen molar-refractivity contribution in [1.29, 1.82) is 0 Å². The number of amides is 3. The third-order valence-electron chi connectivity index (χ3n) is 5.13. The molecule has 1 unspecified atom stereocenters. The Bertz CT molecular complexity index is 985. The van der Waals surface area contributed by atoms with E-state index in [0.29, 0.717) is 25.3 Å². The minimum Gasteiger partial charge on any atom is -0.496 e. The van der Waals surface area contributed by atoms with E-state index in [9.17, 15) is 9.59 Å². The summed E-state index contributed by atoms with van der Waals surface area (Å²) in [5, 5.41) is 11.1. The highest BCUT2D eigenvalue weighted by Gasteiger charge is 2.36. The lowest BCUT2D eigenvalue weighted by Gasteiger charge is -2.30. The molecule has 178 valence electrons. The van der Waals surface area contributed by atoms with Gasteiger partial charge in [0.05, 0.1) is 30.3 Å². The molecule has 0 spiro atoms. The predicted molar refractivity (Wildman–Crippen MR) is 130 cm³/mol. The summed E-state index contributed by atoms with van der Waals surface area (Å²) in [5.41, 5.74) is 1.30. The number of ether oxygens (including phenoxy) is 2. The fourth-order valence-corrected chi connectivity index (χ4v) is 4.33. The zero-order valence-electron chi connectivity index (χ0n) is 19.8. The molecule has 1 aliphatic rings. The van der Waals surface area contributed by atoms with E-state index in [1.54, 1.807) is 25.6 Å². The van der Waals surface area contributed by atoms with Gasteiger partial charge in [0.15, 0.2) is 0 Å². The third-order valence-corrected chi connectivity index (χ3v) is 6.05. The van der Waals surface area contributed by atoms with Gasteiger partial charge in [-0.1, -0.05) is 24.3 Å². The predicted octanol–water partition coefficient (Wildman–Crippen LogP) is 3.89. The topological polar surface area (TPSA) is 83.5 Å². The number of para-hydroxylation sites is 1. The Morgan fingerprint density at radius 2 is 1.97 bits per heavy atom. The van der Waals surface area contributed by atoms with Crippen molar-refractivity contribution in [2.45, 2.75) is 38.8 Å². The second-order valence-electron chi connectivity index (χ2n) is 8.82. The number of hydrogen-bond acceptors (Lipinski definition) is 6. The number of hydrogen-bond donors (Lipinski definition) is 1. The Hall–Kier alpha value is -2.91. The summed E-state index contributed by atoms with van der Waals surface area (Å²) < 4.78 is 10.7. The van der Waals surface area contributed by atoms with E-state index in [2.05, 4.69) is 5.32 Å². The standard InChI is InChI=1S/C24H32N4O4S/c1-24(2,3)25-23(30)27(12-13-31-4)16-22(29)28-19(17-9-6-7-10-20(17)32-5)15-18(26-28)21-11-8-14-33-21/h6-11,14,19H,12-13,15-16H2,1-5H3,(H,25,30). The number of carbonyl (C=O) groups is 2. The molecule has 1 aromatic carbocycles. The summed E-state index contributed by atoms with van der Waals surface area (Å²) in [5.74, 6) is 0.433. The van der Waals surface area contributed by atoms with Crippen LogP contribution in [0.5, 0.6) is 5.75 Å². The van der Waals surface area contributed by atoms with Crippen LogP contribution >= 0.6 is 11.3 Å². The van der Waals surface area contributed by atoms with E-state index in [-0.39, 0.29) is 24.5 Å². The Balaban J connectivity index is 1.89. The first-order chi connectivity index (χ1) is 15.7. The first kappa shape index (κ1) is 24.7. The number of carbonyl (C=O) groups excluding carboxylic acids is 2. The van der Waals surface area contributed by atoms with Gasteiger partial charge >= 0.3 is 6.03 Å². The highest BCUT2D eigenvalue weighted by Crippen LogP contribution is 2.38. The van der Waals surface area contributed by atoms with Gasteiger partial charge in [-0.25, -0.2) is 9.80 Å². The van der Waals surface area contributed by atoms with Gasteiger partial charge in [-0.3, -0.25) is 4.79 Å². The van der Waals surface area contributed by atoms with Crippen molar-refractivity contribution in [2.24, 2.45) is 5.10 Å². The zero-order chi connectivity index (χ0) is 24.0. The fourth-order valence-electron chi connectivity index (χ4n) is 3.61. The Labute approximate surface area is 199 Å². The number of nitrogens with one attached hydrogen (secondary N) is 1. The summed E-state index contributed by atoms with van der Waals surface area (Å²) in [4.78, 5) is 28.8. The number of methoxy groups -OCH3 is 2. The molecule has 1 aromatic heterocycles. The van der Waals surface area contributed by atoms with Crippen LogP contribution in [0.1, 0.15) is 43.7 Å². The summed E-state index contributed by atoms with van der Waals surface area (Å²) >= 11 is 1.59. The molecule has 1 N–H and O–H groups in total. The van der Waals surface area contributed by atoms with E-state index in [4.69, 9.17) is 14.6 Å². The van der Waals surface area contributed by atoms with Gasteiger partial charge in [0.1, 0.15) is 12.3 Å². The van der Waals surface area contributed by atoms with Gasteiger partial charge in [-0.05, 0) is 38.3 Å². The van der Waals surface area contributed by atoms with Crippen molar-refractivity contribution in [2.75, 3.05) is 33.9 Å². The van der Waals surface area contributed by atoms with Crippen molar-refractivity contribution in [3.63, 3.8) is 0 Å². The second kappa shape index (κ2) is 10.8. The lowest BCUT2D eigenvalue weighted by Crippen LogP contribution is -2.52. The van der Waals surface area contributed by atoms with E-state index >= 15 is 0 Å². The summed E-state index contributed by atoms with van der Waals surface area (Å²) in [7, 11) is 3.18. The number of benzene rings is 1. The first-order valence-corrected chi connectivity index (χ1v) is 11.7. The lowest BCUT2D eigenvalue weighted by molar-refractivity contribution is -0.133. The zero-order valence-corrected chi connectivity index (χ0v) is 20.6. The van der Waals surface area contributed by atoms with E-state index in [1.165, 1.54) is 9.91 Å². The maximum atomic E-state index is 13.5. The van der Waals surface area contributed by atoms with Crippen LogP contribution in [0.3, 0.4) is 0 Å². The third kappa shape index (κ3) is 6.33. The number of nitrogens with zero attached hydrogens (tertiary/aromatic N) is 3. The number of rotatable bonds is 8. The van der Waals surface area contributed by atoms with Crippen molar-refractivity contribution >= 4 is 29.0 Å². The van der Waals surface area contributed by atoms with Crippen LogP contribution in [-0.4, -0.2) is 67.0 Å². The van der Waals surface area contributed by atoms with Crippen LogP contribution in [0.2, 0.25) is 0 Å². The molecule has 33 heavy (non-hydrogen) atoms. The highest BCUT2D eigenvalue weighted by atomic mass is 32.1. The molecule has 3 amide bonds. The molecule has 0 fully saturated rings. The molecule has 2 aromatic rings. The molecular formula is C24H32N4O4S. The van der Waals surface area contributed by atoms with Crippen LogP contribution in [0, 0.1) is 0 Å². The van der Waals surface area contributed by atoms with Gasteiger partial charge < -0.3 is 19.7 Å². The van der Waals surface area contributed by atoms with E-state index in [1.807, 2.05) is 62.5 Å². The molecule has 0 aliphatic carbocycles. The van der Waals surface area contributed by atoms with Crippen molar-refractivity contribution in [3.05, 3.63) is 52.2 Å². The van der Waals surface area contributed by atoms with Crippen LogP contribution in [-0.2, 0) is 9.53 Å². The molecule has 9 heteroatoms. The van der Waals surface area contributed by atoms with Gasteiger partial charge in [0.2, 0.25) is 0 Å². The smallest absolute Gasteiger partial charge is 0.318 e. The molecule has 8 nitrogen and oxygen atoms in total. The van der Waals surface area contributed by atoms with Gasteiger partial charge in [-0.15, -0.1) is 11.3 Å². The minimum absolute atomic E-state index is 0.113. The van der Waals surface area contributed by atoms with Crippen LogP contribution in [0.4, 0.5) is 4.79 Å². The molecule has 0 saturated carbocycles. The molecule has 1 aliphatic heterocycles. The van der Waals surface area contributed by atoms with Gasteiger partial charge in [0, 0.05) is 31.2 Å². The van der Waals surface area contributed by atoms with Crippen LogP contribution < -0.4 is 10.1 Å². The Kier molecular flexibility index (Phi) is 8.10. The van der Waals surface area contributed by atoms with Crippen molar-refractivity contribution < 1.29 is 19.1 Å². The van der Waals surface area contributed by atoms with E-state index < -0.39 is 5.54 Å². The molecule has 2 heterocycles. The molecular weight excluding hydrogens is 440 g/mol. The molecule has 0 radical (unpaired) electrons. The molecule has 1 atom stereocenters. The molecule has 0 bridgehead atoms. The minimum atomic E-state index is -0.427. The maximum Gasteiger partial charge on any atom is 0.318 e. The quantitative estimate of drug-likeness (QED) is 0.632. The lowest BCUT2D eigenvalue weighted by atomic mass is 10.00. The monoisotopic (exact) mass is 472 g/mol. The van der Waals surface area contributed by atoms with Gasteiger partial charge in [0.25, 0.3) is 5.91 Å². The van der Waals surface area contributed by atoms with E-state index in [0.717, 1.165) is 16.2 Å².